The predicted octanol–water partition coefficient (Wildman–Crippen LogP) is 2.77. The highest BCUT2D eigenvalue weighted by molar-refractivity contribution is 5.98. The number of likely N-dealkylation sites (N-methyl/N-ethyl adjacent to an activating group) is 1. The molecule has 1 N–H and O–H groups in total. The molecule has 7 nitrogen and oxygen atoms in total. The molecule has 0 unspecified atom stereocenters. The highest BCUT2D eigenvalue weighted by Crippen LogP contribution is 2.29. The molecule has 1 amide bonds. The van der Waals surface area contributed by atoms with Gasteiger partial charge >= 0.3 is 5.97 Å². The van der Waals surface area contributed by atoms with Gasteiger partial charge in [0.1, 0.15) is 0 Å². The summed E-state index contributed by atoms with van der Waals surface area (Å²) in [6.45, 7) is 6.21. The van der Waals surface area contributed by atoms with Crippen molar-refractivity contribution >= 4 is 23.3 Å². The number of carbonyl (C=O) groups excluding carboxylic acids is 2. The van der Waals surface area contributed by atoms with Gasteiger partial charge in [-0.25, -0.2) is 9.18 Å². The number of para-hydroxylation sites is 1. The minimum absolute atomic E-state index is 0.00636. The van der Waals surface area contributed by atoms with E-state index in [0.717, 1.165) is 38.4 Å². The van der Waals surface area contributed by atoms with Crippen LogP contribution in [0.4, 0.5) is 15.8 Å². The molecule has 1 fully saturated rings. The van der Waals surface area contributed by atoms with Crippen LogP contribution in [0.25, 0.3) is 0 Å². The molecule has 0 aliphatic carbocycles. The van der Waals surface area contributed by atoms with Crippen molar-refractivity contribution in [3.63, 3.8) is 0 Å². The lowest BCUT2D eigenvalue weighted by molar-refractivity contribution is -0.118. The minimum atomic E-state index is -0.535. The standard InChI is InChI=1S/C22H26FN3O4/c1-3-25-10-12-26(13-11-25)19-9-8-16(22(28)29-2)14-18(19)24-21(27)15-30-20-7-5-4-6-17(20)23/h4-9,14H,3,10-13,15H2,1-2H3,(H,24,27). The van der Waals surface area contributed by atoms with Gasteiger partial charge in [0.2, 0.25) is 0 Å². The smallest absolute Gasteiger partial charge is 0.337 e. The van der Waals surface area contributed by atoms with Gasteiger partial charge in [0, 0.05) is 26.2 Å². The molecular weight excluding hydrogens is 389 g/mol. The van der Waals surface area contributed by atoms with E-state index in [4.69, 9.17) is 9.47 Å². The average molecular weight is 415 g/mol. The Morgan fingerprint density at radius 1 is 1.10 bits per heavy atom. The SMILES string of the molecule is CCN1CCN(c2ccc(C(=O)OC)cc2NC(=O)COc2ccccc2F)CC1. The van der Waals surface area contributed by atoms with Crippen molar-refractivity contribution in [2.24, 2.45) is 0 Å². The van der Waals surface area contributed by atoms with Crippen molar-refractivity contribution in [1.29, 1.82) is 0 Å². The van der Waals surface area contributed by atoms with E-state index in [-0.39, 0.29) is 12.4 Å². The number of anilines is 2. The van der Waals surface area contributed by atoms with Gasteiger partial charge in [0.25, 0.3) is 5.91 Å². The van der Waals surface area contributed by atoms with Crippen LogP contribution in [0.15, 0.2) is 42.5 Å². The number of nitrogens with one attached hydrogen (secondary N) is 1. The lowest BCUT2D eigenvalue weighted by Crippen LogP contribution is -2.46. The number of nitrogens with zero attached hydrogens (tertiary/aromatic N) is 2. The number of ether oxygens (including phenoxy) is 2. The zero-order valence-electron chi connectivity index (χ0n) is 17.2. The molecular formula is C22H26FN3O4. The Morgan fingerprint density at radius 3 is 2.50 bits per heavy atom. The predicted molar refractivity (Wildman–Crippen MR) is 113 cm³/mol. The number of esters is 1. The van der Waals surface area contributed by atoms with Gasteiger partial charge < -0.3 is 24.6 Å². The molecule has 3 rings (SSSR count). The molecule has 0 saturated carbocycles. The fourth-order valence-corrected chi connectivity index (χ4v) is 3.35. The summed E-state index contributed by atoms with van der Waals surface area (Å²) >= 11 is 0. The lowest BCUT2D eigenvalue weighted by Gasteiger charge is -2.36. The van der Waals surface area contributed by atoms with Crippen molar-refractivity contribution in [2.75, 3.05) is 56.7 Å². The Kier molecular flexibility index (Phi) is 7.24. The third kappa shape index (κ3) is 5.27. The van der Waals surface area contributed by atoms with Crippen LogP contribution in [-0.2, 0) is 9.53 Å². The Morgan fingerprint density at radius 2 is 1.83 bits per heavy atom. The molecule has 1 aliphatic heterocycles. The van der Waals surface area contributed by atoms with Crippen LogP contribution in [-0.4, -0.2) is 63.2 Å². The van der Waals surface area contributed by atoms with Crippen molar-refractivity contribution in [2.45, 2.75) is 6.92 Å². The van der Waals surface area contributed by atoms with Crippen LogP contribution >= 0.6 is 0 Å². The summed E-state index contributed by atoms with van der Waals surface area (Å²) in [4.78, 5) is 28.9. The molecule has 1 aliphatic rings. The number of hydrogen-bond acceptors (Lipinski definition) is 6. The number of benzene rings is 2. The molecule has 2 aromatic carbocycles. The third-order valence-electron chi connectivity index (χ3n) is 5.05. The number of halogens is 1. The maximum Gasteiger partial charge on any atom is 0.337 e. The van der Waals surface area contributed by atoms with Gasteiger partial charge in [-0.15, -0.1) is 0 Å². The summed E-state index contributed by atoms with van der Waals surface area (Å²) < 4.78 is 23.8. The molecule has 8 heteroatoms. The van der Waals surface area contributed by atoms with Gasteiger partial charge in [-0.3, -0.25) is 4.79 Å². The van der Waals surface area contributed by atoms with Gasteiger partial charge in [-0.1, -0.05) is 19.1 Å². The third-order valence-corrected chi connectivity index (χ3v) is 5.05. The van der Waals surface area contributed by atoms with Gasteiger partial charge in [-0.2, -0.15) is 0 Å². The number of piperazine rings is 1. The van der Waals surface area contributed by atoms with E-state index in [2.05, 4.69) is 22.0 Å². The van der Waals surface area contributed by atoms with Crippen LogP contribution < -0.4 is 15.0 Å². The van der Waals surface area contributed by atoms with Gasteiger partial charge in [0.15, 0.2) is 18.2 Å². The summed E-state index contributed by atoms with van der Waals surface area (Å²) in [6, 6.07) is 11.0. The van der Waals surface area contributed by atoms with Crippen LogP contribution in [0, 0.1) is 5.82 Å². The largest absolute Gasteiger partial charge is 0.481 e. The first-order valence-corrected chi connectivity index (χ1v) is 9.88. The maximum atomic E-state index is 13.7. The fourth-order valence-electron chi connectivity index (χ4n) is 3.35. The molecule has 0 bridgehead atoms. The summed E-state index contributed by atoms with van der Waals surface area (Å²) in [5.74, 6) is -1.47. The van der Waals surface area contributed by atoms with Crippen molar-refractivity contribution in [3.8, 4) is 5.75 Å². The zero-order chi connectivity index (χ0) is 21.5. The molecule has 2 aromatic rings. The Balaban J connectivity index is 1.75. The van der Waals surface area contributed by atoms with Crippen molar-refractivity contribution < 1.29 is 23.5 Å². The van der Waals surface area contributed by atoms with Gasteiger partial charge in [-0.05, 0) is 36.9 Å². The van der Waals surface area contributed by atoms with Gasteiger partial charge in [0.05, 0.1) is 24.0 Å². The van der Waals surface area contributed by atoms with Crippen LogP contribution in [0.5, 0.6) is 5.75 Å². The average Bonchev–Trinajstić information content (AvgIpc) is 2.78. The van der Waals surface area contributed by atoms with E-state index < -0.39 is 17.7 Å². The highest BCUT2D eigenvalue weighted by Gasteiger charge is 2.21. The first-order valence-electron chi connectivity index (χ1n) is 9.88. The number of amides is 1. The topological polar surface area (TPSA) is 71.1 Å². The van der Waals surface area contributed by atoms with E-state index in [0.29, 0.717) is 11.3 Å². The second-order valence-electron chi connectivity index (χ2n) is 6.91. The molecule has 1 saturated heterocycles. The van der Waals surface area contributed by atoms with Crippen LogP contribution in [0.3, 0.4) is 0 Å². The van der Waals surface area contributed by atoms with E-state index in [1.54, 1.807) is 30.3 Å². The summed E-state index contributed by atoms with van der Waals surface area (Å²) in [7, 11) is 1.31. The van der Waals surface area contributed by atoms with Crippen LogP contribution in [0.2, 0.25) is 0 Å². The number of methoxy groups -OCH3 is 1. The zero-order valence-corrected chi connectivity index (χ0v) is 17.2. The number of rotatable bonds is 7. The molecule has 0 radical (unpaired) electrons. The van der Waals surface area contributed by atoms with Crippen molar-refractivity contribution in [1.82, 2.24) is 4.90 Å². The molecule has 0 spiro atoms. The van der Waals surface area contributed by atoms with E-state index >= 15 is 0 Å². The van der Waals surface area contributed by atoms with E-state index in [1.165, 1.54) is 19.2 Å². The normalized spacial score (nSPS) is 14.3. The molecule has 30 heavy (non-hydrogen) atoms. The van der Waals surface area contributed by atoms with Crippen molar-refractivity contribution in [3.05, 3.63) is 53.8 Å². The monoisotopic (exact) mass is 415 g/mol. The Hall–Kier alpha value is -3.13. The maximum absolute atomic E-state index is 13.7. The second-order valence-corrected chi connectivity index (χ2v) is 6.91. The first-order chi connectivity index (χ1) is 14.5. The molecule has 160 valence electrons. The van der Waals surface area contributed by atoms with E-state index in [9.17, 15) is 14.0 Å². The Bertz CT molecular complexity index is 898. The molecule has 0 atom stereocenters. The quantitative estimate of drug-likeness (QED) is 0.702. The molecule has 0 aromatic heterocycles. The molecule has 1 heterocycles. The fraction of sp³-hybridized carbons (Fsp3) is 0.364. The summed E-state index contributed by atoms with van der Waals surface area (Å²) in [6.07, 6.45) is 0. The number of hydrogen-bond donors (Lipinski definition) is 1. The van der Waals surface area contributed by atoms with Crippen LogP contribution in [0.1, 0.15) is 17.3 Å². The Labute approximate surface area is 175 Å². The lowest BCUT2D eigenvalue weighted by atomic mass is 10.1. The first kappa shape index (κ1) is 21.6. The summed E-state index contributed by atoms with van der Waals surface area (Å²) in [5, 5.41) is 2.79. The number of carbonyl (C=O) groups is 2. The van der Waals surface area contributed by atoms with E-state index in [1.807, 2.05) is 0 Å². The second kappa shape index (κ2) is 10.1. The summed E-state index contributed by atoms with van der Waals surface area (Å²) in [5.41, 5.74) is 1.64. The minimum Gasteiger partial charge on any atom is -0.481 e. The highest BCUT2D eigenvalue weighted by atomic mass is 19.1.